The number of amides is 1. The van der Waals surface area contributed by atoms with Crippen LogP contribution in [0.4, 0.5) is 5.69 Å². The maximum absolute atomic E-state index is 12.1. The van der Waals surface area contributed by atoms with Crippen molar-refractivity contribution in [2.75, 3.05) is 26.1 Å². The van der Waals surface area contributed by atoms with Crippen molar-refractivity contribution in [1.82, 2.24) is 0 Å². The molecule has 1 N–H and O–H groups in total. The van der Waals surface area contributed by atoms with Crippen molar-refractivity contribution in [2.24, 2.45) is 0 Å². The average molecular weight is 399 g/mol. The molecule has 0 heterocycles. The molecule has 0 aromatic heterocycles. The van der Waals surface area contributed by atoms with E-state index in [1.54, 1.807) is 0 Å². The van der Waals surface area contributed by atoms with Gasteiger partial charge in [0.25, 0.3) is 5.91 Å². The number of anilines is 1. The predicted molar refractivity (Wildman–Crippen MR) is 104 cm³/mol. The second-order valence-corrected chi connectivity index (χ2v) is 6.09. The van der Waals surface area contributed by atoms with E-state index in [9.17, 15) is 19.2 Å². The fraction of sp³-hybridized carbons (Fsp3) is 0.238. The molecule has 8 heteroatoms. The smallest absolute Gasteiger partial charge is 0.337 e. The molecule has 0 unspecified atom stereocenters. The lowest BCUT2D eigenvalue weighted by Gasteiger charge is -2.10. The number of hydrogen-bond donors (Lipinski definition) is 1. The molecule has 0 radical (unpaired) electrons. The van der Waals surface area contributed by atoms with E-state index < -0.39 is 30.4 Å². The van der Waals surface area contributed by atoms with Gasteiger partial charge in [-0.1, -0.05) is 24.3 Å². The van der Waals surface area contributed by atoms with Crippen LogP contribution in [-0.2, 0) is 30.2 Å². The maximum atomic E-state index is 12.1. The zero-order valence-electron chi connectivity index (χ0n) is 16.3. The molecule has 0 atom stereocenters. The molecule has 2 aromatic rings. The minimum absolute atomic E-state index is 0.0459. The van der Waals surface area contributed by atoms with Crippen molar-refractivity contribution < 1.29 is 33.4 Å². The van der Waals surface area contributed by atoms with E-state index in [0.717, 1.165) is 11.1 Å². The molecule has 0 saturated heterocycles. The largest absolute Gasteiger partial charge is 0.465 e. The molecular weight excluding hydrogens is 378 g/mol. The van der Waals surface area contributed by atoms with E-state index in [0.29, 0.717) is 0 Å². The summed E-state index contributed by atoms with van der Waals surface area (Å²) < 4.78 is 14.3. The summed E-state index contributed by atoms with van der Waals surface area (Å²) in [6.45, 7) is 1.36. The summed E-state index contributed by atoms with van der Waals surface area (Å²) >= 11 is 0. The zero-order valence-corrected chi connectivity index (χ0v) is 16.3. The van der Waals surface area contributed by atoms with Gasteiger partial charge in [-0.2, -0.15) is 0 Å². The second-order valence-electron chi connectivity index (χ2n) is 6.09. The lowest BCUT2D eigenvalue weighted by Crippen LogP contribution is -2.22. The average Bonchev–Trinajstić information content (AvgIpc) is 2.72. The first-order valence-corrected chi connectivity index (χ1v) is 8.65. The Balaban J connectivity index is 2.02. The number of rotatable bonds is 7. The number of carbonyl (C=O) groups is 4. The van der Waals surface area contributed by atoms with Gasteiger partial charge in [-0.3, -0.25) is 9.59 Å². The second kappa shape index (κ2) is 10.0. The Bertz CT molecular complexity index is 902. The van der Waals surface area contributed by atoms with Crippen LogP contribution in [0.15, 0.2) is 42.5 Å². The lowest BCUT2D eigenvalue weighted by atomic mass is 10.1. The highest BCUT2D eigenvalue weighted by Gasteiger charge is 2.16. The molecule has 0 saturated carbocycles. The Morgan fingerprint density at radius 2 is 1.48 bits per heavy atom. The van der Waals surface area contributed by atoms with Crippen LogP contribution in [0, 0.1) is 6.92 Å². The Hall–Kier alpha value is -3.68. The van der Waals surface area contributed by atoms with Gasteiger partial charge < -0.3 is 19.5 Å². The van der Waals surface area contributed by atoms with Gasteiger partial charge in [0.1, 0.15) is 0 Å². The van der Waals surface area contributed by atoms with Gasteiger partial charge in [0.05, 0.1) is 31.8 Å². The fourth-order valence-corrected chi connectivity index (χ4v) is 2.53. The summed E-state index contributed by atoms with van der Waals surface area (Å²) in [6, 6.07) is 11.3. The SMILES string of the molecule is COC(=O)c1cc(NC(=O)COC(=O)Cc2ccccc2C)cc(C(=O)OC)c1. The van der Waals surface area contributed by atoms with E-state index in [1.807, 2.05) is 31.2 Å². The van der Waals surface area contributed by atoms with Crippen LogP contribution in [0.25, 0.3) is 0 Å². The predicted octanol–water partition coefficient (Wildman–Crippen LogP) is 2.29. The first-order valence-electron chi connectivity index (χ1n) is 8.65. The van der Waals surface area contributed by atoms with E-state index in [2.05, 4.69) is 14.8 Å². The van der Waals surface area contributed by atoms with Gasteiger partial charge in [0.15, 0.2) is 6.61 Å². The van der Waals surface area contributed by atoms with E-state index in [1.165, 1.54) is 32.4 Å². The summed E-state index contributed by atoms with van der Waals surface area (Å²) in [5.74, 6) is -2.54. The van der Waals surface area contributed by atoms with E-state index in [-0.39, 0.29) is 23.2 Å². The van der Waals surface area contributed by atoms with Crippen molar-refractivity contribution in [1.29, 1.82) is 0 Å². The van der Waals surface area contributed by atoms with Crippen LogP contribution in [-0.4, -0.2) is 44.6 Å². The first kappa shape index (κ1) is 21.6. The number of hydrogen-bond acceptors (Lipinski definition) is 7. The van der Waals surface area contributed by atoms with Gasteiger partial charge in [-0.25, -0.2) is 9.59 Å². The van der Waals surface area contributed by atoms with Crippen LogP contribution in [0.1, 0.15) is 31.8 Å². The van der Waals surface area contributed by atoms with Gasteiger partial charge in [0.2, 0.25) is 0 Å². The first-order chi connectivity index (χ1) is 13.8. The number of aryl methyl sites for hydroxylation is 1. The third kappa shape index (κ3) is 6.17. The van der Waals surface area contributed by atoms with Crippen LogP contribution in [0.5, 0.6) is 0 Å². The number of benzene rings is 2. The standard InChI is InChI=1S/C21H21NO7/c1-13-6-4-5-7-14(13)11-19(24)29-12-18(23)22-17-9-15(20(25)27-2)8-16(10-17)21(26)28-3/h4-10H,11-12H2,1-3H3,(H,22,23). The Morgan fingerprint density at radius 1 is 0.897 bits per heavy atom. The number of methoxy groups -OCH3 is 2. The number of ether oxygens (including phenoxy) is 3. The van der Waals surface area contributed by atoms with Crippen molar-refractivity contribution in [2.45, 2.75) is 13.3 Å². The molecule has 2 aromatic carbocycles. The van der Waals surface area contributed by atoms with Gasteiger partial charge in [-0.15, -0.1) is 0 Å². The van der Waals surface area contributed by atoms with Crippen LogP contribution >= 0.6 is 0 Å². The summed E-state index contributed by atoms with van der Waals surface area (Å²) in [5.41, 5.74) is 2.04. The molecular formula is C21H21NO7. The molecule has 0 bridgehead atoms. The molecule has 29 heavy (non-hydrogen) atoms. The van der Waals surface area contributed by atoms with E-state index >= 15 is 0 Å². The molecule has 0 aliphatic rings. The lowest BCUT2D eigenvalue weighted by molar-refractivity contribution is -0.146. The highest BCUT2D eigenvalue weighted by Crippen LogP contribution is 2.17. The minimum atomic E-state index is -0.684. The summed E-state index contributed by atoms with van der Waals surface area (Å²) in [5, 5.41) is 2.48. The quantitative estimate of drug-likeness (QED) is 0.562. The molecule has 8 nitrogen and oxygen atoms in total. The summed E-state index contributed by atoms with van der Waals surface area (Å²) in [4.78, 5) is 47.6. The van der Waals surface area contributed by atoms with Gasteiger partial charge >= 0.3 is 17.9 Å². The maximum Gasteiger partial charge on any atom is 0.337 e. The molecule has 1 amide bonds. The number of nitrogens with one attached hydrogen (secondary N) is 1. The summed E-state index contributed by atoms with van der Waals surface area (Å²) in [6.07, 6.45) is 0.0459. The Morgan fingerprint density at radius 3 is 2.03 bits per heavy atom. The van der Waals surface area contributed by atoms with Gasteiger partial charge in [-0.05, 0) is 36.2 Å². The number of esters is 3. The van der Waals surface area contributed by atoms with Crippen molar-refractivity contribution >= 4 is 29.5 Å². The van der Waals surface area contributed by atoms with Crippen LogP contribution in [0.2, 0.25) is 0 Å². The number of carbonyl (C=O) groups excluding carboxylic acids is 4. The van der Waals surface area contributed by atoms with Crippen LogP contribution < -0.4 is 5.32 Å². The molecule has 0 aliphatic heterocycles. The third-order valence-corrected chi connectivity index (χ3v) is 4.02. The van der Waals surface area contributed by atoms with E-state index in [4.69, 9.17) is 4.74 Å². The monoisotopic (exact) mass is 399 g/mol. The van der Waals surface area contributed by atoms with Crippen molar-refractivity contribution in [3.63, 3.8) is 0 Å². The zero-order chi connectivity index (χ0) is 21.4. The highest BCUT2D eigenvalue weighted by molar-refractivity contribution is 6.00. The Labute approximate surface area is 167 Å². The topological polar surface area (TPSA) is 108 Å². The van der Waals surface area contributed by atoms with Crippen LogP contribution in [0.3, 0.4) is 0 Å². The third-order valence-electron chi connectivity index (χ3n) is 4.02. The molecule has 152 valence electrons. The molecule has 0 fully saturated rings. The normalized spacial score (nSPS) is 10.0. The van der Waals surface area contributed by atoms with Gasteiger partial charge in [0, 0.05) is 5.69 Å². The molecule has 2 rings (SSSR count). The van der Waals surface area contributed by atoms with Crippen molar-refractivity contribution in [3.05, 3.63) is 64.7 Å². The highest BCUT2D eigenvalue weighted by atomic mass is 16.5. The summed E-state index contributed by atoms with van der Waals surface area (Å²) in [7, 11) is 2.39. The molecule has 0 spiro atoms. The van der Waals surface area contributed by atoms with Crippen molar-refractivity contribution in [3.8, 4) is 0 Å². The molecule has 0 aliphatic carbocycles. The Kier molecular flexibility index (Phi) is 7.47. The fourth-order valence-electron chi connectivity index (χ4n) is 2.53. The minimum Gasteiger partial charge on any atom is -0.465 e.